The number of halogens is 1. The van der Waals surface area contributed by atoms with E-state index in [0.717, 1.165) is 12.1 Å². The predicted molar refractivity (Wildman–Crippen MR) is 88.7 cm³/mol. The number of carbonyl (C=O) groups excluding carboxylic acids is 2. The minimum atomic E-state index is -0.118. The molecule has 22 heavy (non-hydrogen) atoms. The maximum atomic E-state index is 12.4. The van der Waals surface area contributed by atoms with Gasteiger partial charge in [-0.1, -0.05) is 23.7 Å². The zero-order chi connectivity index (χ0) is 16.7. The van der Waals surface area contributed by atoms with Gasteiger partial charge in [0.2, 0.25) is 11.8 Å². The third kappa shape index (κ3) is 6.45. The number of likely N-dealkylation sites (N-methyl/N-ethyl adjacent to an activating group) is 2. The Morgan fingerprint density at radius 3 is 2.14 bits per heavy atom. The van der Waals surface area contributed by atoms with Crippen molar-refractivity contribution in [2.75, 3.05) is 40.8 Å². The van der Waals surface area contributed by atoms with E-state index in [0.29, 0.717) is 18.1 Å². The van der Waals surface area contributed by atoms with Crippen LogP contribution in [0.15, 0.2) is 24.3 Å². The SMILES string of the molecule is CC(=O)N(C)CC(=O)N(CCN(C)C)Cc1ccc(Cl)cc1. The molecule has 0 fully saturated rings. The highest BCUT2D eigenvalue weighted by Crippen LogP contribution is 2.12. The molecule has 0 N–H and O–H groups in total. The van der Waals surface area contributed by atoms with Crippen molar-refractivity contribution in [3.8, 4) is 0 Å². The normalized spacial score (nSPS) is 10.6. The Labute approximate surface area is 137 Å². The van der Waals surface area contributed by atoms with Gasteiger partial charge in [-0.15, -0.1) is 0 Å². The summed E-state index contributed by atoms with van der Waals surface area (Å²) in [6.07, 6.45) is 0. The second-order valence-corrected chi connectivity index (χ2v) is 6.06. The van der Waals surface area contributed by atoms with Crippen molar-refractivity contribution in [1.29, 1.82) is 0 Å². The second kappa shape index (κ2) is 8.76. The monoisotopic (exact) mass is 325 g/mol. The van der Waals surface area contributed by atoms with Gasteiger partial charge < -0.3 is 14.7 Å². The fourth-order valence-corrected chi connectivity index (χ4v) is 1.96. The average molecular weight is 326 g/mol. The molecule has 1 aromatic rings. The Morgan fingerprint density at radius 1 is 1.05 bits per heavy atom. The molecule has 0 atom stereocenters. The molecule has 0 bridgehead atoms. The first-order chi connectivity index (χ1) is 10.3. The van der Waals surface area contributed by atoms with Crippen LogP contribution in [0.4, 0.5) is 0 Å². The number of nitrogens with zero attached hydrogens (tertiary/aromatic N) is 3. The fourth-order valence-electron chi connectivity index (χ4n) is 1.84. The molecule has 0 unspecified atom stereocenters. The summed E-state index contributed by atoms with van der Waals surface area (Å²) >= 11 is 5.89. The Balaban J connectivity index is 2.75. The summed E-state index contributed by atoms with van der Waals surface area (Å²) in [6, 6.07) is 7.44. The molecule has 6 heteroatoms. The van der Waals surface area contributed by atoms with Crippen LogP contribution in [0, 0.1) is 0 Å². The van der Waals surface area contributed by atoms with Gasteiger partial charge in [0.05, 0.1) is 6.54 Å². The molecule has 5 nitrogen and oxygen atoms in total. The number of rotatable bonds is 7. The molecule has 122 valence electrons. The third-order valence-corrected chi connectivity index (χ3v) is 3.62. The molecule has 0 radical (unpaired) electrons. The van der Waals surface area contributed by atoms with Crippen LogP contribution in [0.3, 0.4) is 0 Å². The lowest BCUT2D eigenvalue weighted by Crippen LogP contribution is -2.42. The van der Waals surface area contributed by atoms with Crippen molar-refractivity contribution in [1.82, 2.24) is 14.7 Å². The first kappa shape index (κ1) is 18.5. The van der Waals surface area contributed by atoms with E-state index < -0.39 is 0 Å². The minimum Gasteiger partial charge on any atom is -0.337 e. The topological polar surface area (TPSA) is 43.9 Å². The van der Waals surface area contributed by atoms with Gasteiger partial charge in [-0.3, -0.25) is 9.59 Å². The smallest absolute Gasteiger partial charge is 0.242 e. The number of hydrogen-bond acceptors (Lipinski definition) is 3. The predicted octanol–water partition coefficient (Wildman–Crippen LogP) is 1.71. The van der Waals surface area contributed by atoms with Crippen LogP contribution in [0.5, 0.6) is 0 Å². The highest BCUT2D eigenvalue weighted by Gasteiger charge is 2.17. The van der Waals surface area contributed by atoms with Gasteiger partial charge in [-0.2, -0.15) is 0 Å². The van der Waals surface area contributed by atoms with Gasteiger partial charge in [0.25, 0.3) is 0 Å². The van der Waals surface area contributed by atoms with E-state index in [-0.39, 0.29) is 18.4 Å². The van der Waals surface area contributed by atoms with E-state index in [1.165, 1.54) is 11.8 Å². The molecule has 0 aliphatic heterocycles. The molecule has 0 aromatic heterocycles. The van der Waals surface area contributed by atoms with Crippen molar-refractivity contribution in [2.45, 2.75) is 13.5 Å². The quantitative estimate of drug-likeness (QED) is 0.766. The van der Waals surface area contributed by atoms with Crippen molar-refractivity contribution in [3.05, 3.63) is 34.9 Å². The largest absolute Gasteiger partial charge is 0.337 e. The molecular weight excluding hydrogens is 302 g/mol. The highest BCUT2D eigenvalue weighted by molar-refractivity contribution is 6.30. The van der Waals surface area contributed by atoms with E-state index >= 15 is 0 Å². The van der Waals surface area contributed by atoms with Gasteiger partial charge in [0.1, 0.15) is 0 Å². The summed E-state index contributed by atoms with van der Waals surface area (Å²) in [4.78, 5) is 28.9. The van der Waals surface area contributed by atoms with E-state index in [2.05, 4.69) is 0 Å². The van der Waals surface area contributed by atoms with Crippen LogP contribution >= 0.6 is 11.6 Å². The van der Waals surface area contributed by atoms with E-state index in [4.69, 9.17) is 11.6 Å². The van der Waals surface area contributed by atoms with Crippen molar-refractivity contribution in [3.63, 3.8) is 0 Å². The molecule has 2 amide bonds. The molecule has 0 saturated heterocycles. The van der Waals surface area contributed by atoms with E-state index in [1.807, 2.05) is 43.3 Å². The average Bonchev–Trinajstić information content (AvgIpc) is 2.44. The number of benzene rings is 1. The summed E-state index contributed by atoms with van der Waals surface area (Å²) in [5.74, 6) is -0.179. The molecule has 1 rings (SSSR count). The molecular formula is C16H24ClN3O2. The van der Waals surface area contributed by atoms with Crippen LogP contribution in [-0.4, -0.2) is 67.3 Å². The standard InChI is InChI=1S/C16H24ClN3O2/c1-13(21)19(4)12-16(22)20(10-9-18(2)3)11-14-5-7-15(17)8-6-14/h5-8H,9-12H2,1-4H3. The van der Waals surface area contributed by atoms with Crippen molar-refractivity contribution < 1.29 is 9.59 Å². The Morgan fingerprint density at radius 2 is 1.64 bits per heavy atom. The minimum absolute atomic E-state index is 0.0606. The Bertz CT molecular complexity index is 503. The van der Waals surface area contributed by atoms with Gasteiger partial charge in [-0.25, -0.2) is 0 Å². The molecule has 0 aliphatic rings. The third-order valence-electron chi connectivity index (χ3n) is 3.37. The molecule has 0 spiro atoms. The van der Waals surface area contributed by atoms with Crippen molar-refractivity contribution >= 4 is 23.4 Å². The summed E-state index contributed by atoms with van der Waals surface area (Å²) in [5.41, 5.74) is 1.02. The van der Waals surface area contributed by atoms with E-state index in [9.17, 15) is 9.59 Å². The number of carbonyl (C=O) groups is 2. The number of amides is 2. The highest BCUT2D eigenvalue weighted by atomic mass is 35.5. The summed E-state index contributed by atoms with van der Waals surface area (Å²) in [5, 5.41) is 0.672. The van der Waals surface area contributed by atoms with E-state index in [1.54, 1.807) is 11.9 Å². The van der Waals surface area contributed by atoms with Gasteiger partial charge in [0.15, 0.2) is 0 Å². The lowest BCUT2D eigenvalue weighted by Gasteiger charge is -2.26. The molecule has 1 aromatic carbocycles. The Kier molecular flexibility index (Phi) is 7.35. The zero-order valence-corrected chi connectivity index (χ0v) is 14.4. The summed E-state index contributed by atoms with van der Waals surface area (Å²) in [7, 11) is 5.56. The maximum Gasteiger partial charge on any atom is 0.242 e. The maximum absolute atomic E-state index is 12.4. The Hall–Kier alpha value is -1.59. The molecule has 0 saturated carbocycles. The summed E-state index contributed by atoms with van der Waals surface area (Å²) < 4.78 is 0. The van der Waals surface area contributed by atoms with Crippen LogP contribution in [0.1, 0.15) is 12.5 Å². The lowest BCUT2D eigenvalue weighted by atomic mass is 10.2. The van der Waals surface area contributed by atoms with Gasteiger partial charge in [-0.05, 0) is 31.8 Å². The van der Waals surface area contributed by atoms with Crippen molar-refractivity contribution in [2.24, 2.45) is 0 Å². The summed E-state index contributed by atoms with van der Waals surface area (Å²) in [6.45, 7) is 3.44. The molecule has 0 heterocycles. The van der Waals surface area contributed by atoms with Crippen LogP contribution in [-0.2, 0) is 16.1 Å². The number of hydrogen-bond donors (Lipinski definition) is 0. The first-order valence-electron chi connectivity index (χ1n) is 7.18. The zero-order valence-electron chi connectivity index (χ0n) is 13.7. The van der Waals surface area contributed by atoms with Gasteiger partial charge >= 0.3 is 0 Å². The van der Waals surface area contributed by atoms with Crippen LogP contribution in [0.25, 0.3) is 0 Å². The molecule has 0 aliphatic carbocycles. The first-order valence-corrected chi connectivity index (χ1v) is 7.56. The van der Waals surface area contributed by atoms with Crippen LogP contribution in [0.2, 0.25) is 5.02 Å². The lowest BCUT2D eigenvalue weighted by molar-refractivity contribution is -0.138. The van der Waals surface area contributed by atoms with Crippen LogP contribution < -0.4 is 0 Å². The second-order valence-electron chi connectivity index (χ2n) is 5.62. The fraction of sp³-hybridized carbons (Fsp3) is 0.500. The van der Waals surface area contributed by atoms with Gasteiger partial charge in [0, 0.05) is 38.6 Å².